The molecule has 4 nitrogen and oxygen atoms in total. The Labute approximate surface area is 156 Å². The summed E-state index contributed by atoms with van der Waals surface area (Å²) in [6.45, 7) is 1.85. The third-order valence-corrected chi connectivity index (χ3v) is 6.02. The Morgan fingerprint density at radius 3 is 2.69 bits per heavy atom. The zero-order chi connectivity index (χ0) is 18.3. The Bertz CT molecular complexity index is 1160. The van der Waals surface area contributed by atoms with Gasteiger partial charge in [-0.2, -0.15) is 0 Å². The third kappa shape index (κ3) is 2.89. The third-order valence-electron chi connectivity index (χ3n) is 4.10. The van der Waals surface area contributed by atoms with Crippen LogP contribution in [0, 0.1) is 12.7 Å². The van der Waals surface area contributed by atoms with Gasteiger partial charge in [0.1, 0.15) is 10.6 Å². The Balaban J connectivity index is 1.84. The molecule has 7 heteroatoms. The summed E-state index contributed by atoms with van der Waals surface area (Å²) in [5.41, 5.74) is 1.25. The largest absolute Gasteiger partial charge is 0.291 e. The number of Topliss-reactive ketones (excluding diaryl/α,β-unsaturated/α-hetero) is 1. The molecule has 130 valence electrons. The van der Waals surface area contributed by atoms with Gasteiger partial charge in [-0.15, -0.1) is 22.7 Å². The van der Waals surface area contributed by atoms with Gasteiger partial charge in [-0.25, -0.2) is 9.37 Å². The van der Waals surface area contributed by atoms with Crippen LogP contribution in [-0.4, -0.2) is 15.3 Å². The fraction of sp³-hybridized carbons (Fsp3) is 0.105. The van der Waals surface area contributed by atoms with Crippen molar-refractivity contribution in [2.45, 2.75) is 13.5 Å². The molecule has 0 aliphatic heterocycles. The smallest absolute Gasteiger partial charge is 0.263 e. The maximum absolute atomic E-state index is 13.3. The lowest BCUT2D eigenvalue weighted by Gasteiger charge is -2.05. The first-order valence-corrected chi connectivity index (χ1v) is 9.55. The summed E-state index contributed by atoms with van der Waals surface area (Å²) in [5, 5.41) is 2.30. The Kier molecular flexibility index (Phi) is 4.26. The number of hydrogen-bond acceptors (Lipinski definition) is 5. The first kappa shape index (κ1) is 16.8. The van der Waals surface area contributed by atoms with Crippen molar-refractivity contribution < 1.29 is 9.18 Å². The second kappa shape index (κ2) is 6.59. The number of aromatic nitrogens is 2. The summed E-state index contributed by atoms with van der Waals surface area (Å²) in [5.74, 6) is -0.457. The Hall–Kier alpha value is -2.64. The van der Waals surface area contributed by atoms with Gasteiger partial charge >= 0.3 is 0 Å². The summed E-state index contributed by atoms with van der Waals surface area (Å²) < 4.78 is 14.6. The summed E-state index contributed by atoms with van der Waals surface area (Å²) in [4.78, 5) is 31.9. The van der Waals surface area contributed by atoms with Crippen LogP contribution in [0.2, 0.25) is 0 Å². The van der Waals surface area contributed by atoms with Crippen LogP contribution in [0.15, 0.2) is 52.9 Å². The summed E-state index contributed by atoms with van der Waals surface area (Å²) in [6.07, 6.45) is 1.42. The molecule has 0 atom stereocenters. The van der Waals surface area contributed by atoms with Crippen LogP contribution in [-0.2, 0) is 6.54 Å². The van der Waals surface area contributed by atoms with Crippen molar-refractivity contribution in [3.8, 4) is 11.1 Å². The standard InChI is InChI=1S/C19H13FN2O2S2/c1-11-16(12-4-6-13(20)7-5-12)17-18(26-11)21-10-22(19(17)24)9-14(23)15-3-2-8-25-15/h2-8,10H,9H2,1H3. The van der Waals surface area contributed by atoms with Gasteiger partial charge in [0.25, 0.3) is 5.56 Å². The van der Waals surface area contributed by atoms with E-state index < -0.39 is 0 Å². The molecular formula is C19H13FN2O2S2. The molecule has 0 amide bonds. The molecule has 4 rings (SSSR count). The number of carbonyl (C=O) groups is 1. The summed E-state index contributed by atoms with van der Waals surface area (Å²) in [7, 11) is 0. The second-order valence-electron chi connectivity index (χ2n) is 5.80. The van der Waals surface area contributed by atoms with Gasteiger partial charge < -0.3 is 0 Å². The first-order chi connectivity index (χ1) is 12.5. The first-order valence-electron chi connectivity index (χ1n) is 7.86. The number of carbonyl (C=O) groups excluding carboxylic acids is 1. The highest BCUT2D eigenvalue weighted by molar-refractivity contribution is 7.19. The lowest BCUT2D eigenvalue weighted by molar-refractivity contribution is 0.0974. The molecule has 0 radical (unpaired) electrons. The Morgan fingerprint density at radius 2 is 2.00 bits per heavy atom. The van der Waals surface area contributed by atoms with E-state index in [-0.39, 0.29) is 23.7 Å². The van der Waals surface area contributed by atoms with Crippen LogP contribution in [0.25, 0.3) is 21.3 Å². The predicted molar refractivity (Wildman–Crippen MR) is 103 cm³/mol. The van der Waals surface area contributed by atoms with E-state index in [2.05, 4.69) is 4.98 Å². The van der Waals surface area contributed by atoms with Gasteiger partial charge in [-0.3, -0.25) is 14.2 Å². The molecule has 0 aliphatic carbocycles. The lowest BCUT2D eigenvalue weighted by Crippen LogP contribution is -2.24. The van der Waals surface area contributed by atoms with E-state index in [0.717, 1.165) is 16.0 Å². The molecule has 0 N–H and O–H groups in total. The zero-order valence-corrected chi connectivity index (χ0v) is 15.4. The average Bonchev–Trinajstić information content (AvgIpc) is 3.26. The van der Waals surface area contributed by atoms with Gasteiger partial charge in [-0.05, 0) is 36.1 Å². The van der Waals surface area contributed by atoms with Crippen molar-refractivity contribution in [1.29, 1.82) is 0 Å². The second-order valence-corrected chi connectivity index (χ2v) is 7.95. The molecule has 0 unspecified atom stereocenters. The molecular weight excluding hydrogens is 371 g/mol. The van der Waals surface area contributed by atoms with E-state index in [1.165, 1.54) is 45.7 Å². The van der Waals surface area contributed by atoms with Crippen LogP contribution in [0.3, 0.4) is 0 Å². The number of halogens is 1. The van der Waals surface area contributed by atoms with Crippen molar-refractivity contribution in [3.63, 3.8) is 0 Å². The van der Waals surface area contributed by atoms with Crippen molar-refractivity contribution in [2.24, 2.45) is 0 Å². The summed E-state index contributed by atoms with van der Waals surface area (Å²) in [6, 6.07) is 9.58. The van der Waals surface area contributed by atoms with E-state index in [0.29, 0.717) is 15.1 Å². The molecule has 1 aromatic carbocycles. The quantitative estimate of drug-likeness (QED) is 0.486. The van der Waals surface area contributed by atoms with E-state index in [9.17, 15) is 14.0 Å². The SMILES string of the molecule is Cc1sc2ncn(CC(=O)c3cccs3)c(=O)c2c1-c1ccc(F)cc1. The van der Waals surface area contributed by atoms with Gasteiger partial charge in [0, 0.05) is 10.4 Å². The fourth-order valence-corrected chi connectivity index (χ4v) is 4.54. The normalized spacial score (nSPS) is 11.2. The topological polar surface area (TPSA) is 52.0 Å². The molecule has 4 aromatic rings. The van der Waals surface area contributed by atoms with Crippen LogP contribution in [0.5, 0.6) is 0 Å². The van der Waals surface area contributed by atoms with E-state index in [1.807, 2.05) is 12.3 Å². The minimum Gasteiger partial charge on any atom is -0.291 e. The number of rotatable bonds is 4. The number of fused-ring (bicyclic) bond motifs is 1. The maximum atomic E-state index is 13.3. The molecule has 26 heavy (non-hydrogen) atoms. The number of nitrogens with zero attached hydrogens (tertiary/aromatic N) is 2. The predicted octanol–water partition coefficient (Wildman–Crippen LogP) is 4.52. The van der Waals surface area contributed by atoms with Crippen LogP contribution in [0.4, 0.5) is 4.39 Å². The highest BCUT2D eigenvalue weighted by atomic mass is 32.1. The van der Waals surface area contributed by atoms with Crippen LogP contribution < -0.4 is 5.56 Å². The van der Waals surface area contributed by atoms with Gasteiger partial charge in [0.05, 0.1) is 23.1 Å². The monoisotopic (exact) mass is 384 g/mol. The zero-order valence-electron chi connectivity index (χ0n) is 13.7. The summed E-state index contributed by atoms with van der Waals surface area (Å²) >= 11 is 2.76. The number of benzene rings is 1. The average molecular weight is 384 g/mol. The lowest BCUT2D eigenvalue weighted by atomic mass is 10.0. The van der Waals surface area contributed by atoms with Crippen LogP contribution >= 0.6 is 22.7 Å². The molecule has 3 heterocycles. The number of ketones is 1. The molecule has 0 saturated carbocycles. The molecule has 0 aliphatic rings. The number of thiophene rings is 2. The molecule has 0 spiro atoms. The van der Waals surface area contributed by atoms with Crippen molar-refractivity contribution in [3.05, 3.63) is 74.0 Å². The highest BCUT2D eigenvalue weighted by Crippen LogP contribution is 2.35. The molecule has 0 fully saturated rings. The van der Waals surface area contributed by atoms with Crippen molar-refractivity contribution in [1.82, 2.24) is 9.55 Å². The molecule has 3 aromatic heterocycles. The van der Waals surface area contributed by atoms with Gasteiger partial charge in [-0.1, -0.05) is 18.2 Å². The van der Waals surface area contributed by atoms with Gasteiger partial charge in [0.15, 0.2) is 5.78 Å². The minimum atomic E-state index is -0.331. The van der Waals surface area contributed by atoms with E-state index in [4.69, 9.17) is 0 Å². The molecule has 0 bridgehead atoms. The Morgan fingerprint density at radius 1 is 1.23 bits per heavy atom. The minimum absolute atomic E-state index is 0.0555. The van der Waals surface area contributed by atoms with Crippen molar-refractivity contribution >= 4 is 38.7 Å². The van der Waals surface area contributed by atoms with Crippen molar-refractivity contribution in [2.75, 3.05) is 0 Å². The number of hydrogen-bond donors (Lipinski definition) is 0. The van der Waals surface area contributed by atoms with Crippen LogP contribution in [0.1, 0.15) is 14.5 Å². The van der Waals surface area contributed by atoms with E-state index in [1.54, 1.807) is 24.3 Å². The fourth-order valence-electron chi connectivity index (χ4n) is 2.88. The van der Waals surface area contributed by atoms with E-state index >= 15 is 0 Å². The highest BCUT2D eigenvalue weighted by Gasteiger charge is 2.18. The molecule has 0 saturated heterocycles. The van der Waals surface area contributed by atoms with Gasteiger partial charge in [0.2, 0.25) is 0 Å². The maximum Gasteiger partial charge on any atom is 0.263 e. The number of aryl methyl sites for hydroxylation is 1.